The van der Waals surface area contributed by atoms with Gasteiger partial charge in [-0.3, -0.25) is 9.59 Å². The molecule has 1 saturated carbocycles. The number of carbonyl (C=O) groups excluding carboxylic acids is 2. The average Bonchev–Trinajstić information content (AvgIpc) is 3.42. The molecule has 4 rings (SSSR count). The van der Waals surface area contributed by atoms with Gasteiger partial charge in [0, 0.05) is 18.7 Å². The SMILES string of the molecule is O=C(Cc1ccc(N2CCCC2=O)cc1)N[C@H](c1ccccc1)C1CC1. The van der Waals surface area contributed by atoms with Gasteiger partial charge in [-0.25, -0.2) is 0 Å². The predicted octanol–water partition coefficient (Wildman–Crippen LogP) is 3.62. The van der Waals surface area contributed by atoms with Gasteiger partial charge in [-0.05, 0) is 48.4 Å². The summed E-state index contributed by atoms with van der Waals surface area (Å²) in [5.74, 6) is 0.797. The van der Waals surface area contributed by atoms with Gasteiger partial charge in [-0.2, -0.15) is 0 Å². The molecule has 2 amide bonds. The van der Waals surface area contributed by atoms with Crippen LogP contribution < -0.4 is 10.2 Å². The van der Waals surface area contributed by atoms with Crippen LogP contribution in [0.15, 0.2) is 54.6 Å². The van der Waals surface area contributed by atoms with Crippen LogP contribution in [-0.4, -0.2) is 18.4 Å². The highest BCUT2D eigenvalue weighted by molar-refractivity contribution is 5.95. The molecule has 1 saturated heterocycles. The molecule has 0 bridgehead atoms. The van der Waals surface area contributed by atoms with Gasteiger partial charge in [0.2, 0.25) is 11.8 Å². The monoisotopic (exact) mass is 348 g/mol. The second-order valence-electron chi connectivity index (χ2n) is 7.29. The third-order valence-corrected chi connectivity index (χ3v) is 5.25. The van der Waals surface area contributed by atoms with Crippen molar-refractivity contribution in [2.45, 2.75) is 38.1 Å². The Morgan fingerprint density at radius 2 is 1.81 bits per heavy atom. The van der Waals surface area contributed by atoms with Gasteiger partial charge in [-0.1, -0.05) is 42.5 Å². The van der Waals surface area contributed by atoms with Crippen LogP contribution in [0.1, 0.15) is 42.9 Å². The molecule has 1 atom stereocenters. The highest BCUT2D eigenvalue weighted by atomic mass is 16.2. The van der Waals surface area contributed by atoms with Gasteiger partial charge in [0.1, 0.15) is 0 Å². The molecular weight excluding hydrogens is 324 g/mol. The molecule has 2 aromatic rings. The van der Waals surface area contributed by atoms with Gasteiger partial charge in [-0.15, -0.1) is 0 Å². The van der Waals surface area contributed by atoms with Crippen molar-refractivity contribution in [3.8, 4) is 0 Å². The highest BCUT2D eigenvalue weighted by Gasteiger charge is 2.33. The Kier molecular flexibility index (Phi) is 4.74. The number of benzene rings is 2. The predicted molar refractivity (Wildman–Crippen MR) is 102 cm³/mol. The van der Waals surface area contributed by atoms with Crippen molar-refractivity contribution in [2.75, 3.05) is 11.4 Å². The third-order valence-electron chi connectivity index (χ3n) is 5.25. The molecule has 1 aliphatic carbocycles. The van der Waals surface area contributed by atoms with Crippen molar-refractivity contribution in [1.29, 1.82) is 0 Å². The minimum Gasteiger partial charge on any atom is -0.349 e. The number of anilines is 1. The first kappa shape index (κ1) is 16.8. The normalized spacial score (nSPS) is 18.0. The Bertz CT molecular complexity index is 782. The summed E-state index contributed by atoms with van der Waals surface area (Å²) in [6.45, 7) is 0.790. The van der Waals surface area contributed by atoms with Crippen molar-refractivity contribution in [1.82, 2.24) is 5.32 Å². The molecule has 0 radical (unpaired) electrons. The maximum atomic E-state index is 12.5. The van der Waals surface area contributed by atoms with Crippen LogP contribution in [-0.2, 0) is 16.0 Å². The fraction of sp³-hybridized carbons (Fsp3) is 0.364. The van der Waals surface area contributed by atoms with Crippen LogP contribution >= 0.6 is 0 Å². The molecule has 4 nitrogen and oxygen atoms in total. The summed E-state index contributed by atoms with van der Waals surface area (Å²) in [5, 5.41) is 3.22. The molecule has 4 heteroatoms. The second kappa shape index (κ2) is 7.32. The lowest BCUT2D eigenvalue weighted by atomic mass is 10.0. The van der Waals surface area contributed by atoms with Crippen molar-refractivity contribution < 1.29 is 9.59 Å². The molecule has 26 heavy (non-hydrogen) atoms. The van der Waals surface area contributed by atoms with Crippen LogP contribution in [0.25, 0.3) is 0 Å². The average molecular weight is 348 g/mol. The van der Waals surface area contributed by atoms with Crippen molar-refractivity contribution >= 4 is 17.5 Å². The number of amides is 2. The Morgan fingerprint density at radius 3 is 2.42 bits per heavy atom. The number of carbonyl (C=O) groups is 2. The Balaban J connectivity index is 1.39. The van der Waals surface area contributed by atoms with Crippen molar-refractivity contribution in [3.63, 3.8) is 0 Å². The van der Waals surface area contributed by atoms with E-state index in [-0.39, 0.29) is 17.9 Å². The second-order valence-corrected chi connectivity index (χ2v) is 7.29. The first-order valence-corrected chi connectivity index (χ1v) is 9.44. The summed E-state index contributed by atoms with van der Waals surface area (Å²) < 4.78 is 0. The zero-order valence-corrected chi connectivity index (χ0v) is 14.9. The summed E-state index contributed by atoms with van der Waals surface area (Å²) in [5.41, 5.74) is 3.09. The van der Waals surface area contributed by atoms with Crippen LogP contribution in [0, 0.1) is 5.92 Å². The fourth-order valence-electron chi connectivity index (χ4n) is 3.69. The van der Waals surface area contributed by atoms with E-state index < -0.39 is 0 Å². The molecule has 134 valence electrons. The third kappa shape index (κ3) is 3.79. The lowest BCUT2D eigenvalue weighted by Gasteiger charge is -2.19. The minimum atomic E-state index is 0.0516. The fourth-order valence-corrected chi connectivity index (χ4v) is 3.69. The number of nitrogens with one attached hydrogen (secondary N) is 1. The number of nitrogens with zero attached hydrogens (tertiary/aromatic N) is 1. The van der Waals surface area contributed by atoms with E-state index in [4.69, 9.17) is 0 Å². The quantitative estimate of drug-likeness (QED) is 0.867. The zero-order valence-electron chi connectivity index (χ0n) is 14.9. The lowest BCUT2D eigenvalue weighted by Crippen LogP contribution is -2.31. The van der Waals surface area contributed by atoms with E-state index in [0.29, 0.717) is 18.8 Å². The van der Waals surface area contributed by atoms with E-state index in [0.717, 1.165) is 24.2 Å². The number of hydrogen-bond donors (Lipinski definition) is 1. The van der Waals surface area contributed by atoms with Gasteiger partial charge >= 0.3 is 0 Å². The molecule has 2 fully saturated rings. The number of hydrogen-bond acceptors (Lipinski definition) is 2. The maximum Gasteiger partial charge on any atom is 0.227 e. The van der Waals surface area contributed by atoms with E-state index in [1.54, 1.807) is 0 Å². The highest BCUT2D eigenvalue weighted by Crippen LogP contribution is 2.40. The topological polar surface area (TPSA) is 49.4 Å². The Hall–Kier alpha value is -2.62. The number of rotatable bonds is 6. The van der Waals surface area contributed by atoms with E-state index >= 15 is 0 Å². The molecule has 1 N–H and O–H groups in total. The van der Waals surface area contributed by atoms with Gasteiger partial charge in [0.05, 0.1) is 12.5 Å². The van der Waals surface area contributed by atoms with Gasteiger partial charge in [0.25, 0.3) is 0 Å². The molecule has 0 aromatic heterocycles. The largest absolute Gasteiger partial charge is 0.349 e. The summed E-state index contributed by atoms with van der Waals surface area (Å²) in [4.78, 5) is 26.2. The van der Waals surface area contributed by atoms with Gasteiger partial charge < -0.3 is 10.2 Å². The van der Waals surface area contributed by atoms with E-state index in [1.807, 2.05) is 47.4 Å². The summed E-state index contributed by atoms with van der Waals surface area (Å²) >= 11 is 0. The van der Waals surface area contributed by atoms with E-state index in [9.17, 15) is 9.59 Å². The zero-order chi connectivity index (χ0) is 17.9. The summed E-state index contributed by atoms with van der Waals surface area (Å²) in [6.07, 6.45) is 4.28. The van der Waals surface area contributed by atoms with Crippen LogP contribution in [0.5, 0.6) is 0 Å². The smallest absolute Gasteiger partial charge is 0.227 e. The minimum absolute atomic E-state index is 0.0516. The standard InChI is InChI=1S/C22H24N2O2/c25-20(23-22(18-10-11-18)17-5-2-1-3-6-17)15-16-8-12-19(13-9-16)24-14-4-7-21(24)26/h1-3,5-6,8-9,12-13,18,22H,4,7,10-11,14-15H2,(H,23,25)/t22-/m1/s1. The molecule has 0 unspecified atom stereocenters. The molecule has 1 heterocycles. The molecule has 2 aliphatic rings. The van der Waals surface area contributed by atoms with Crippen LogP contribution in [0.2, 0.25) is 0 Å². The Morgan fingerprint density at radius 1 is 1.08 bits per heavy atom. The molecular formula is C22H24N2O2. The molecule has 0 spiro atoms. The van der Waals surface area contributed by atoms with E-state index in [1.165, 1.54) is 18.4 Å². The van der Waals surface area contributed by atoms with E-state index in [2.05, 4.69) is 17.4 Å². The van der Waals surface area contributed by atoms with Crippen molar-refractivity contribution in [2.24, 2.45) is 5.92 Å². The first-order chi connectivity index (χ1) is 12.7. The molecule has 1 aliphatic heterocycles. The van der Waals surface area contributed by atoms with Crippen LogP contribution in [0.3, 0.4) is 0 Å². The maximum absolute atomic E-state index is 12.5. The van der Waals surface area contributed by atoms with Gasteiger partial charge in [0.15, 0.2) is 0 Å². The summed E-state index contributed by atoms with van der Waals surface area (Å²) in [6, 6.07) is 18.1. The van der Waals surface area contributed by atoms with Crippen LogP contribution in [0.4, 0.5) is 5.69 Å². The lowest BCUT2D eigenvalue weighted by molar-refractivity contribution is -0.121. The van der Waals surface area contributed by atoms with Crippen molar-refractivity contribution in [3.05, 3.63) is 65.7 Å². The summed E-state index contributed by atoms with van der Waals surface area (Å²) in [7, 11) is 0. The Labute approximate surface area is 154 Å². The first-order valence-electron chi connectivity index (χ1n) is 9.44. The molecule has 2 aromatic carbocycles.